The van der Waals surface area contributed by atoms with Gasteiger partial charge in [0.25, 0.3) is 5.91 Å². The van der Waals surface area contributed by atoms with Crippen LogP contribution in [0.2, 0.25) is 0 Å². The first-order chi connectivity index (χ1) is 11.7. The zero-order valence-corrected chi connectivity index (χ0v) is 16.0. The molecule has 0 radical (unpaired) electrons. The largest absolute Gasteiger partial charge is 0.338 e. The first-order valence-electron chi connectivity index (χ1n) is 9.11. The number of urea groups is 1. The number of rotatable bonds is 4. The van der Waals surface area contributed by atoms with Crippen LogP contribution in [-0.4, -0.2) is 51.5 Å². The van der Waals surface area contributed by atoms with E-state index in [2.05, 4.69) is 20.6 Å². The van der Waals surface area contributed by atoms with E-state index in [0.717, 1.165) is 31.6 Å². The number of imidazole rings is 1. The number of H-pyrrole nitrogens is 1. The Kier molecular flexibility index (Phi) is 6.08. The van der Waals surface area contributed by atoms with Crippen LogP contribution in [0.15, 0.2) is 6.20 Å². The molecule has 140 valence electrons. The van der Waals surface area contributed by atoms with E-state index in [4.69, 9.17) is 0 Å². The minimum atomic E-state index is -0.268. The lowest BCUT2D eigenvalue weighted by Gasteiger charge is -2.36. The Morgan fingerprint density at radius 2 is 2.16 bits per heavy atom. The lowest BCUT2D eigenvalue weighted by atomic mass is 9.91. The third kappa shape index (κ3) is 5.47. The predicted molar refractivity (Wildman–Crippen MR) is 97.5 cm³/mol. The maximum atomic E-state index is 12.7. The Balaban J connectivity index is 1.93. The van der Waals surface area contributed by atoms with Gasteiger partial charge in [-0.05, 0) is 46.5 Å². The molecular formula is C18H31N5O2. The van der Waals surface area contributed by atoms with Crippen LogP contribution >= 0.6 is 0 Å². The summed E-state index contributed by atoms with van der Waals surface area (Å²) >= 11 is 0. The lowest BCUT2D eigenvalue weighted by Crippen LogP contribution is -2.53. The highest BCUT2D eigenvalue weighted by Gasteiger charge is 2.29. The van der Waals surface area contributed by atoms with Crippen molar-refractivity contribution in [2.75, 3.05) is 13.1 Å². The fraction of sp³-hybridized carbons (Fsp3) is 0.722. The van der Waals surface area contributed by atoms with Crippen LogP contribution in [0.3, 0.4) is 0 Å². The SMILES string of the molecule is CCc1ncc(C(=O)N2CCCC(C(C)NC(=O)NC(C)(C)C)C2)[nH]1. The molecule has 1 saturated heterocycles. The van der Waals surface area contributed by atoms with Gasteiger partial charge in [-0.1, -0.05) is 6.92 Å². The number of carbonyl (C=O) groups is 2. The van der Waals surface area contributed by atoms with Gasteiger partial charge >= 0.3 is 6.03 Å². The number of hydrogen-bond donors (Lipinski definition) is 3. The molecule has 7 heteroatoms. The second kappa shape index (κ2) is 7.89. The van der Waals surface area contributed by atoms with E-state index in [9.17, 15) is 9.59 Å². The number of amides is 3. The Morgan fingerprint density at radius 3 is 2.76 bits per heavy atom. The minimum absolute atomic E-state index is 0.00548. The Morgan fingerprint density at radius 1 is 1.44 bits per heavy atom. The van der Waals surface area contributed by atoms with Crippen molar-refractivity contribution in [1.82, 2.24) is 25.5 Å². The first-order valence-corrected chi connectivity index (χ1v) is 9.11. The van der Waals surface area contributed by atoms with Crippen LogP contribution in [0.4, 0.5) is 4.79 Å². The van der Waals surface area contributed by atoms with Gasteiger partial charge in [0.05, 0.1) is 6.20 Å². The lowest BCUT2D eigenvalue weighted by molar-refractivity contribution is 0.0648. The molecule has 1 fully saturated rings. The molecule has 2 atom stereocenters. The molecule has 3 N–H and O–H groups in total. The van der Waals surface area contributed by atoms with E-state index in [-0.39, 0.29) is 29.4 Å². The van der Waals surface area contributed by atoms with Crippen molar-refractivity contribution >= 4 is 11.9 Å². The summed E-state index contributed by atoms with van der Waals surface area (Å²) in [6.45, 7) is 11.3. The number of aromatic nitrogens is 2. The van der Waals surface area contributed by atoms with Crippen LogP contribution < -0.4 is 10.6 Å². The topological polar surface area (TPSA) is 90.1 Å². The van der Waals surface area contributed by atoms with Gasteiger partial charge in [-0.2, -0.15) is 0 Å². The molecule has 0 spiro atoms. The van der Waals surface area contributed by atoms with Crippen LogP contribution in [0.1, 0.15) is 63.8 Å². The summed E-state index contributed by atoms with van der Waals surface area (Å²) < 4.78 is 0. The summed E-state index contributed by atoms with van der Waals surface area (Å²) in [7, 11) is 0. The Labute approximate surface area is 150 Å². The van der Waals surface area contributed by atoms with Crippen molar-refractivity contribution in [1.29, 1.82) is 0 Å². The zero-order valence-electron chi connectivity index (χ0n) is 16.0. The van der Waals surface area contributed by atoms with Gasteiger partial charge in [0.2, 0.25) is 0 Å². The maximum Gasteiger partial charge on any atom is 0.315 e. The first kappa shape index (κ1) is 19.3. The second-order valence-electron chi connectivity index (χ2n) is 7.89. The van der Waals surface area contributed by atoms with Crippen molar-refractivity contribution in [3.8, 4) is 0 Å². The van der Waals surface area contributed by atoms with Crippen molar-refractivity contribution in [3.63, 3.8) is 0 Å². The number of likely N-dealkylation sites (tertiary alicyclic amines) is 1. The zero-order chi connectivity index (χ0) is 18.6. The normalized spacial score (nSPS) is 19.4. The van der Waals surface area contributed by atoms with Crippen LogP contribution in [-0.2, 0) is 6.42 Å². The molecule has 1 aromatic rings. The van der Waals surface area contributed by atoms with Crippen molar-refractivity contribution < 1.29 is 9.59 Å². The molecule has 1 aromatic heterocycles. The summed E-state index contributed by atoms with van der Waals surface area (Å²) in [4.78, 5) is 33.9. The molecule has 2 heterocycles. The number of aryl methyl sites for hydroxylation is 1. The van der Waals surface area contributed by atoms with Crippen LogP contribution in [0, 0.1) is 5.92 Å². The molecule has 7 nitrogen and oxygen atoms in total. The number of aromatic amines is 1. The molecular weight excluding hydrogens is 318 g/mol. The smallest absolute Gasteiger partial charge is 0.315 e. The second-order valence-corrected chi connectivity index (χ2v) is 7.89. The Bertz CT molecular complexity index is 605. The van der Waals surface area contributed by atoms with Crippen LogP contribution in [0.5, 0.6) is 0 Å². The van der Waals surface area contributed by atoms with E-state index < -0.39 is 0 Å². The molecule has 1 aliphatic heterocycles. The molecule has 25 heavy (non-hydrogen) atoms. The minimum Gasteiger partial charge on any atom is -0.338 e. The molecule has 2 unspecified atom stereocenters. The number of nitrogens with one attached hydrogen (secondary N) is 3. The Hall–Kier alpha value is -2.05. The highest BCUT2D eigenvalue weighted by molar-refractivity contribution is 5.92. The van der Waals surface area contributed by atoms with E-state index in [1.54, 1.807) is 6.20 Å². The fourth-order valence-corrected chi connectivity index (χ4v) is 3.13. The third-order valence-corrected chi connectivity index (χ3v) is 4.49. The van der Waals surface area contributed by atoms with Crippen molar-refractivity contribution in [3.05, 3.63) is 17.7 Å². The average molecular weight is 349 g/mol. The third-order valence-electron chi connectivity index (χ3n) is 4.49. The summed E-state index contributed by atoms with van der Waals surface area (Å²) in [6.07, 6.45) is 4.34. The molecule has 2 rings (SSSR count). The average Bonchev–Trinajstić information content (AvgIpc) is 3.01. The highest BCUT2D eigenvalue weighted by Crippen LogP contribution is 2.21. The van der Waals surface area contributed by atoms with Crippen molar-refractivity contribution in [2.24, 2.45) is 5.92 Å². The van der Waals surface area contributed by atoms with Gasteiger partial charge < -0.3 is 20.5 Å². The molecule has 0 aliphatic carbocycles. The number of piperidine rings is 1. The number of nitrogens with zero attached hydrogens (tertiary/aromatic N) is 2. The van der Waals surface area contributed by atoms with E-state index in [1.165, 1.54) is 0 Å². The molecule has 1 aliphatic rings. The van der Waals surface area contributed by atoms with E-state index >= 15 is 0 Å². The maximum absolute atomic E-state index is 12.7. The van der Waals surface area contributed by atoms with Crippen molar-refractivity contribution in [2.45, 2.75) is 65.5 Å². The standard InChI is InChI=1S/C18H31N5O2/c1-6-15-19-10-14(21-15)16(24)23-9-7-8-13(11-23)12(2)20-17(25)22-18(3,4)5/h10,12-13H,6-9,11H2,1-5H3,(H,19,21)(H2,20,22,25). The number of carbonyl (C=O) groups excluding carboxylic acids is 2. The van der Waals surface area contributed by atoms with Gasteiger partial charge in [-0.25, -0.2) is 9.78 Å². The molecule has 0 bridgehead atoms. The quantitative estimate of drug-likeness (QED) is 0.779. The monoisotopic (exact) mass is 349 g/mol. The summed E-state index contributed by atoms with van der Waals surface area (Å²) in [5.74, 6) is 1.06. The van der Waals surface area contributed by atoms with Gasteiger partial charge in [-0.3, -0.25) is 4.79 Å². The summed E-state index contributed by atoms with van der Waals surface area (Å²) in [5, 5.41) is 5.92. The van der Waals surface area contributed by atoms with Gasteiger partial charge in [0, 0.05) is 31.1 Å². The molecule has 0 aromatic carbocycles. The molecule has 3 amide bonds. The molecule has 0 saturated carbocycles. The van der Waals surface area contributed by atoms with Gasteiger partial charge in [0.15, 0.2) is 0 Å². The highest BCUT2D eigenvalue weighted by atomic mass is 16.2. The fourth-order valence-electron chi connectivity index (χ4n) is 3.13. The predicted octanol–water partition coefficient (Wildman–Crippen LogP) is 2.31. The number of hydrogen-bond acceptors (Lipinski definition) is 3. The van der Waals surface area contributed by atoms with Gasteiger partial charge in [0.1, 0.15) is 11.5 Å². The van der Waals surface area contributed by atoms with Gasteiger partial charge in [-0.15, -0.1) is 0 Å². The summed E-state index contributed by atoms with van der Waals surface area (Å²) in [6, 6.07) is -0.157. The van der Waals surface area contributed by atoms with Crippen LogP contribution in [0.25, 0.3) is 0 Å². The van der Waals surface area contributed by atoms with E-state index in [1.807, 2.05) is 39.5 Å². The van der Waals surface area contributed by atoms with E-state index in [0.29, 0.717) is 12.2 Å². The summed E-state index contributed by atoms with van der Waals surface area (Å²) in [5.41, 5.74) is 0.277.